The maximum atomic E-state index is 6.14. The van der Waals surface area contributed by atoms with Gasteiger partial charge < -0.3 is 15.0 Å². The Morgan fingerprint density at radius 3 is 2.78 bits per heavy atom. The Labute approximate surface area is 114 Å². The van der Waals surface area contributed by atoms with Gasteiger partial charge in [0, 0.05) is 26.7 Å². The van der Waals surface area contributed by atoms with Crippen molar-refractivity contribution in [2.45, 2.75) is 20.4 Å². The van der Waals surface area contributed by atoms with Crippen LogP contribution in [0, 0.1) is 0 Å². The molecule has 0 aromatic carbocycles. The van der Waals surface area contributed by atoms with E-state index in [1.54, 1.807) is 7.11 Å². The minimum absolute atomic E-state index is 0.695. The number of aromatic nitrogens is 1. The molecule has 5 heteroatoms. The predicted molar refractivity (Wildman–Crippen MR) is 76.4 cm³/mol. The fraction of sp³-hybridized carbons (Fsp3) is 0.615. The minimum Gasteiger partial charge on any atom is -0.383 e. The number of hydrogen-bond acceptors (Lipinski definition) is 4. The van der Waals surface area contributed by atoms with Crippen LogP contribution < -0.4 is 10.2 Å². The molecule has 1 aromatic rings. The zero-order valence-electron chi connectivity index (χ0n) is 11.4. The Morgan fingerprint density at radius 2 is 2.17 bits per heavy atom. The van der Waals surface area contributed by atoms with Gasteiger partial charge in [0.05, 0.1) is 17.3 Å². The molecular weight excluding hydrogens is 250 g/mol. The topological polar surface area (TPSA) is 37.4 Å². The van der Waals surface area contributed by atoms with E-state index in [1.165, 1.54) is 0 Å². The van der Waals surface area contributed by atoms with E-state index in [-0.39, 0.29) is 0 Å². The molecule has 0 aliphatic carbocycles. The first-order valence-electron chi connectivity index (χ1n) is 6.32. The second kappa shape index (κ2) is 8.29. The highest BCUT2D eigenvalue weighted by Crippen LogP contribution is 2.19. The summed E-state index contributed by atoms with van der Waals surface area (Å²) in [6, 6.07) is 3.86. The molecule has 1 aromatic heterocycles. The molecule has 0 saturated heterocycles. The summed E-state index contributed by atoms with van der Waals surface area (Å²) in [6.07, 6.45) is 0. The van der Waals surface area contributed by atoms with Crippen LogP contribution in [0.5, 0.6) is 0 Å². The molecule has 102 valence electrons. The summed E-state index contributed by atoms with van der Waals surface area (Å²) in [5.74, 6) is 0.951. The molecule has 0 spiro atoms. The Bertz CT molecular complexity index is 360. The van der Waals surface area contributed by atoms with Crippen LogP contribution in [-0.4, -0.2) is 38.3 Å². The van der Waals surface area contributed by atoms with Crippen molar-refractivity contribution in [1.29, 1.82) is 0 Å². The summed E-state index contributed by atoms with van der Waals surface area (Å²) in [5.41, 5.74) is 0.895. The lowest BCUT2D eigenvalue weighted by Crippen LogP contribution is -2.28. The first-order valence-corrected chi connectivity index (χ1v) is 6.70. The van der Waals surface area contributed by atoms with Crippen LogP contribution in [0.4, 0.5) is 5.82 Å². The van der Waals surface area contributed by atoms with Gasteiger partial charge in [-0.2, -0.15) is 0 Å². The highest BCUT2D eigenvalue weighted by atomic mass is 35.5. The third-order valence-corrected chi connectivity index (χ3v) is 3.06. The normalized spacial score (nSPS) is 10.7. The van der Waals surface area contributed by atoms with Crippen molar-refractivity contribution in [1.82, 2.24) is 10.3 Å². The highest BCUT2D eigenvalue weighted by molar-refractivity contribution is 6.31. The largest absolute Gasteiger partial charge is 0.383 e. The molecule has 0 amide bonds. The van der Waals surface area contributed by atoms with E-state index in [2.05, 4.69) is 29.0 Å². The van der Waals surface area contributed by atoms with Crippen molar-refractivity contribution in [2.24, 2.45) is 0 Å². The van der Waals surface area contributed by atoms with Crippen molar-refractivity contribution in [3.63, 3.8) is 0 Å². The van der Waals surface area contributed by atoms with Gasteiger partial charge in [-0.25, -0.2) is 4.98 Å². The number of likely N-dealkylation sites (N-methyl/N-ethyl adjacent to an activating group) is 1. The summed E-state index contributed by atoms with van der Waals surface area (Å²) in [5, 5.41) is 3.95. The lowest BCUT2D eigenvalue weighted by Gasteiger charge is -2.22. The zero-order valence-corrected chi connectivity index (χ0v) is 12.1. The molecule has 1 N–H and O–H groups in total. The smallest absolute Gasteiger partial charge is 0.129 e. The summed E-state index contributed by atoms with van der Waals surface area (Å²) in [4.78, 5) is 6.79. The van der Waals surface area contributed by atoms with Gasteiger partial charge in [0.15, 0.2) is 0 Å². The summed E-state index contributed by atoms with van der Waals surface area (Å²) in [7, 11) is 1.71. The van der Waals surface area contributed by atoms with Crippen molar-refractivity contribution in [2.75, 3.05) is 38.3 Å². The standard InChI is InChI=1S/C13H22ClN3O/c1-4-15-10-12-11(14)6-7-13(16-12)17(5-2)8-9-18-3/h6-7,15H,4-5,8-10H2,1-3H3. The quantitative estimate of drug-likeness (QED) is 0.787. The number of rotatable bonds is 8. The fourth-order valence-electron chi connectivity index (χ4n) is 1.65. The molecule has 1 heterocycles. The number of nitrogens with one attached hydrogen (secondary N) is 1. The molecule has 0 aliphatic heterocycles. The van der Waals surface area contributed by atoms with Crippen molar-refractivity contribution in [3.8, 4) is 0 Å². The summed E-state index contributed by atoms with van der Waals surface area (Å²) >= 11 is 6.14. The van der Waals surface area contributed by atoms with Crippen LogP contribution in [-0.2, 0) is 11.3 Å². The van der Waals surface area contributed by atoms with Gasteiger partial charge in [-0.3, -0.25) is 0 Å². The average Bonchev–Trinajstić information content (AvgIpc) is 2.39. The maximum Gasteiger partial charge on any atom is 0.129 e. The molecular formula is C13H22ClN3O. The van der Waals surface area contributed by atoms with E-state index in [4.69, 9.17) is 16.3 Å². The van der Waals surface area contributed by atoms with Gasteiger partial charge in [0.1, 0.15) is 5.82 Å². The fourth-order valence-corrected chi connectivity index (χ4v) is 1.82. The SMILES string of the molecule is CCNCc1nc(N(CC)CCOC)ccc1Cl. The molecule has 0 bridgehead atoms. The second-order valence-electron chi connectivity index (χ2n) is 3.95. The van der Waals surface area contributed by atoms with Gasteiger partial charge in [-0.1, -0.05) is 18.5 Å². The van der Waals surface area contributed by atoms with Crippen LogP contribution in [0.3, 0.4) is 0 Å². The van der Waals surface area contributed by atoms with E-state index >= 15 is 0 Å². The number of anilines is 1. The van der Waals surface area contributed by atoms with E-state index in [0.29, 0.717) is 18.2 Å². The predicted octanol–water partition coefficient (Wildman–Crippen LogP) is 2.32. The molecule has 0 aliphatic rings. The molecule has 0 saturated carbocycles. The van der Waals surface area contributed by atoms with E-state index in [0.717, 1.165) is 31.1 Å². The number of hydrogen-bond donors (Lipinski definition) is 1. The van der Waals surface area contributed by atoms with Crippen molar-refractivity contribution >= 4 is 17.4 Å². The average molecular weight is 272 g/mol. The van der Waals surface area contributed by atoms with Gasteiger partial charge in [-0.05, 0) is 25.6 Å². The Balaban J connectivity index is 2.80. The van der Waals surface area contributed by atoms with Crippen LogP contribution >= 0.6 is 11.6 Å². The molecule has 4 nitrogen and oxygen atoms in total. The number of halogens is 1. The molecule has 1 rings (SSSR count). The number of pyridine rings is 1. The lowest BCUT2D eigenvalue weighted by molar-refractivity contribution is 0.205. The molecule has 0 radical (unpaired) electrons. The molecule has 18 heavy (non-hydrogen) atoms. The van der Waals surface area contributed by atoms with Gasteiger partial charge in [0.2, 0.25) is 0 Å². The van der Waals surface area contributed by atoms with Crippen LogP contribution in [0.1, 0.15) is 19.5 Å². The van der Waals surface area contributed by atoms with Crippen LogP contribution in [0.15, 0.2) is 12.1 Å². The van der Waals surface area contributed by atoms with Crippen molar-refractivity contribution < 1.29 is 4.74 Å². The maximum absolute atomic E-state index is 6.14. The summed E-state index contributed by atoms with van der Waals surface area (Å²) < 4.78 is 5.11. The third-order valence-electron chi connectivity index (χ3n) is 2.72. The Hall–Kier alpha value is -0.840. The van der Waals surface area contributed by atoms with Crippen LogP contribution in [0.2, 0.25) is 5.02 Å². The summed E-state index contributed by atoms with van der Waals surface area (Å²) in [6.45, 7) is 8.21. The lowest BCUT2D eigenvalue weighted by atomic mass is 10.3. The Kier molecular flexibility index (Phi) is 7.01. The van der Waals surface area contributed by atoms with Gasteiger partial charge in [0.25, 0.3) is 0 Å². The highest BCUT2D eigenvalue weighted by Gasteiger charge is 2.09. The molecule has 0 atom stereocenters. The van der Waals surface area contributed by atoms with E-state index in [1.807, 2.05) is 12.1 Å². The first kappa shape index (κ1) is 15.2. The third kappa shape index (κ3) is 4.44. The monoisotopic (exact) mass is 271 g/mol. The first-order chi connectivity index (χ1) is 8.72. The van der Waals surface area contributed by atoms with Crippen molar-refractivity contribution in [3.05, 3.63) is 22.8 Å². The van der Waals surface area contributed by atoms with Gasteiger partial charge in [-0.15, -0.1) is 0 Å². The molecule has 0 fully saturated rings. The Morgan fingerprint density at radius 1 is 1.39 bits per heavy atom. The second-order valence-corrected chi connectivity index (χ2v) is 4.36. The zero-order chi connectivity index (χ0) is 13.4. The minimum atomic E-state index is 0.695. The van der Waals surface area contributed by atoms with Gasteiger partial charge >= 0.3 is 0 Å². The van der Waals surface area contributed by atoms with E-state index in [9.17, 15) is 0 Å². The number of nitrogens with zero attached hydrogens (tertiary/aromatic N) is 2. The molecule has 0 unspecified atom stereocenters. The van der Waals surface area contributed by atoms with Crippen LogP contribution in [0.25, 0.3) is 0 Å². The van der Waals surface area contributed by atoms with E-state index < -0.39 is 0 Å². The number of methoxy groups -OCH3 is 1. The number of ether oxygens (including phenoxy) is 1.